The number of rotatable bonds is 6. The number of sulfone groups is 1. The van der Waals surface area contributed by atoms with Crippen LogP contribution < -0.4 is 0 Å². The van der Waals surface area contributed by atoms with Gasteiger partial charge < -0.3 is 4.42 Å². The highest BCUT2D eigenvalue weighted by Gasteiger charge is 2.16. The molecule has 0 amide bonds. The highest BCUT2D eigenvalue weighted by molar-refractivity contribution is 7.99. The molecule has 0 N–H and O–H groups in total. The minimum atomic E-state index is -3.32. The smallest absolute Gasteiger partial charge is 0.257 e. The van der Waals surface area contributed by atoms with E-state index in [1.54, 1.807) is 25.1 Å². The van der Waals surface area contributed by atoms with Crippen LogP contribution in [0.1, 0.15) is 17.3 Å². The van der Waals surface area contributed by atoms with E-state index in [9.17, 15) is 13.2 Å². The van der Waals surface area contributed by atoms with Gasteiger partial charge in [0.15, 0.2) is 21.2 Å². The molecular formula is C17H13Cl2NO4S2. The summed E-state index contributed by atoms with van der Waals surface area (Å²) in [5, 5.41) is 1.02. The molecule has 0 unspecified atom stereocenters. The molecular weight excluding hydrogens is 417 g/mol. The predicted octanol–water partition coefficient (Wildman–Crippen LogP) is 4.90. The number of hydrogen-bond acceptors (Lipinski definition) is 6. The third kappa shape index (κ3) is 4.06. The molecule has 26 heavy (non-hydrogen) atoms. The summed E-state index contributed by atoms with van der Waals surface area (Å²) in [4.78, 5) is 16.7. The topological polar surface area (TPSA) is 77.2 Å². The average Bonchev–Trinajstić information content (AvgIpc) is 3.01. The first-order valence-electron chi connectivity index (χ1n) is 7.54. The Morgan fingerprint density at radius 1 is 1.19 bits per heavy atom. The van der Waals surface area contributed by atoms with Crippen LogP contribution in [-0.4, -0.2) is 30.7 Å². The third-order valence-corrected chi connectivity index (χ3v) is 6.74. The van der Waals surface area contributed by atoms with Crippen LogP contribution in [-0.2, 0) is 9.84 Å². The van der Waals surface area contributed by atoms with Gasteiger partial charge in [0, 0.05) is 10.6 Å². The number of nitrogens with zero attached hydrogens (tertiary/aromatic N) is 1. The molecule has 3 aromatic rings. The lowest BCUT2D eigenvalue weighted by molar-refractivity contribution is 0.102. The van der Waals surface area contributed by atoms with Gasteiger partial charge >= 0.3 is 0 Å². The Balaban J connectivity index is 1.78. The number of fused-ring (bicyclic) bond motifs is 1. The van der Waals surface area contributed by atoms with Crippen molar-refractivity contribution in [2.45, 2.75) is 17.0 Å². The molecule has 0 aliphatic carbocycles. The van der Waals surface area contributed by atoms with E-state index in [0.717, 1.165) is 11.8 Å². The molecule has 0 fully saturated rings. The third-order valence-electron chi connectivity index (χ3n) is 3.64. The molecule has 0 aliphatic rings. The van der Waals surface area contributed by atoms with Gasteiger partial charge in [0.2, 0.25) is 0 Å². The predicted molar refractivity (Wildman–Crippen MR) is 103 cm³/mol. The molecule has 136 valence electrons. The number of halogens is 2. The molecule has 3 rings (SSSR count). The van der Waals surface area contributed by atoms with Crippen molar-refractivity contribution >= 4 is 61.7 Å². The standard InChI is InChI=1S/C17H13Cl2NO4S2/c1-2-26(22,23)11-4-6-16-14(8-11)20-17(24-16)25-9-15(21)12-5-3-10(18)7-13(12)19/h3-8H,2,9H2,1H3. The molecule has 1 aromatic heterocycles. The molecule has 0 saturated heterocycles. The maximum atomic E-state index is 12.3. The number of carbonyl (C=O) groups is 1. The minimum absolute atomic E-state index is 0.00825. The van der Waals surface area contributed by atoms with Gasteiger partial charge in [0.05, 0.1) is 21.4 Å². The van der Waals surface area contributed by atoms with Crippen molar-refractivity contribution < 1.29 is 17.6 Å². The van der Waals surface area contributed by atoms with Gasteiger partial charge in [0.1, 0.15) is 5.52 Å². The van der Waals surface area contributed by atoms with Gasteiger partial charge in [-0.15, -0.1) is 0 Å². The molecule has 0 saturated carbocycles. The zero-order valence-electron chi connectivity index (χ0n) is 13.5. The van der Waals surface area contributed by atoms with Gasteiger partial charge in [-0.2, -0.15) is 0 Å². The van der Waals surface area contributed by atoms with Crippen LogP contribution in [0.3, 0.4) is 0 Å². The lowest BCUT2D eigenvalue weighted by atomic mass is 10.1. The van der Waals surface area contributed by atoms with Crippen molar-refractivity contribution in [2.24, 2.45) is 0 Å². The second kappa shape index (κ2) is 7.60. The van der Waals surface area contributed by atoms with E-state index >= 15 is 0 Å². The first-order valence-corrected chi connectivity index (χ1v) is 10.9. The number of oxazole rings is 1. The Bertz CT molecular complexity index is 1090. The molecule has 5 nitrogen and oxygen atoms in total. The fraction of sp³-hybridized carbons (Fsp3) is 0.176. The summed E-state index contributed by atoms with van der Waals surface area (Å²) >= 11 is 13.0. The van der Waals surface area contributed by atoms with Crippen molar-refractivity contribution in [3.05, 3.63) is 52.0 Å². The highest BCUT2D eigenvalue weighted by atomic mass is 35.5. The number of Topliss-reactive ketones (excluding diaryl/α,β-unsaturated/α-hetero) is 1. The normalized spacial score (nSPS) is 11.8. The Morgan fingerprint density at radius 2 is 1.96 bits per heavy atom. The summed E-state index contributed by atoms with van der Waals surface area (Å²) in [5.41, 5.74) is 1.26. The van der Waals surface area contributed by atoms with Gasteiger partial charge in [-0.25, -0.2) is 13.4 Å². The first kappa shape index (κ1) is 19.2. The van der Waals surface area contributed by atoms with Crippen LogP contribution >= 0.6 is 35.0 Å². The number of ketones is 1. The SMILES string of the molecule is CCS(=O)(=O)c1ccc2oc(SCC(=O)c3ccc(Cl)cc3Cl)nc2c1. The summed E-state index contributed by atoms with van der Waals surface area (Å²) in [7, 11) is -3.32. The Kier molecular flexibility index (Phi) is 5.62. The van der Waals surface area contributed by atoms with Crippen LogP contribution in [0, 0.1) is 0 Å². The van der Waals surface area contributed by atoms with E-state index in [1.807, 2.05) is 0 Å². The van der Waals surface area contributed by atoms with E-state index in [4.69, 9.17) is 27.6 Å². The van der Waals surface area contributed by atoms with Crippen LogP contribution in [0.2, 0.25) is 10.0 Å². The summed E-state index contributed by atoms with van der Waals surface area (Å²) < 4.78 is 29.5. The highest BCUT2D eigenvalue weighted by Crippen LogP contribution is 2.28. The molecule has 0 bridgehead atoms. The quantitative estimate of drug-likeness (QED) is 0.409. The van der Waals surface area contributed by atoms with Crippen LogP contribution in [0.25, 0.3) is 11.1 Å². The van der Waals surface area contributed by atoms with Crippen molar-refractivity contribution in [3.8, 4) is 0 Å². The number of hydrogen-bond donors (Lipinski definition) is 0. The molecule has 0 atom stereocenters. The Morgan fingerprint density at radius 3 is 2.65 bits per heavy atom. The monoisotopic (exact) mass is 429 g/mol. The second-order valence-corrected chi connectivity index (χ2v) is 9.40. The lowest BCUT2D eigenvalue weighted by Crippen LogP contribution is -2.03. The second-order valence-electron chi connectivity index (χ2n) is 5.35. The molecule has 2 aromatic carbocycles. The molecule has 0 aliphatic heterocycles. The van der Waals surface area contributed by atoms with E-state index < -0.39 is 9.84 Å². The molecule has 1 heterocycles. The number of aromatic nitrogens is 1. The van der Waals surface area contributed by atoms with Crippen LogP contribution in [0.5, 0.6) is 0 Å². The van der Waals surface area contributed by atoms with Gasteiger partial charge in [-0.3, -0.25) is 4.79 Å². The Labute approximate surface area is 164 Å². The van der Waals surface area contributed by atoms with E-state index in [1.165, 1.54) is 18.2 Å². The summed E-state index contributed by atoms with van der Waals surface area (Å²) in [6, 6.07) is 9.20. The average molecular weight is 430 g/mol. The van der Waals surface area contributed by atoms with E-state index in [0.29, 0.717) is 21.7 Å². The summed E-state index contributed by atoms with van der Waals surface area (Å²) in [5.74, 6) is -0.101. The summed E-state index contributed by atoms with van der Waals surface area (Å²) in [6.45, 7) is 1.58. The Hall–Kier alpha value is -1.54. The van der Waals surface area contributed by atoms with Gasteiger partial charge in [0.25, 0.3) is 5.22 Å². The fourth-order valence-electron chi connectivity index (χ4n) is 2.23. The zero-order valence-corrected chi connectivity index (χ0v) is 16.7. The van der Waals surface area contributed by atoms with E-state index in [2.05, 4.69) is 4.98 Å². The maximum absolute atomic E-state index is 12.3. The summed E-state index contributed by atoms with van der Waals surface area (Å²) in [6.07, 6.45) is 0. The fourth-order valence-corrected chi connectivity index (χ4v) is 4.36. The molecule has 9 heteroatoms. The van der Waals surface area contributed by atoms with Crippen LogP contribution in [0.4, 0.5) is 0 Å². The number of thioether (sulfide) groups is 1. The largest absolute Gasteiger partial charge is 0.431 e. The van der Waals surface area contributed by atoms with Gasteiger partial charge in [-0.05, 0) is 36.4 Å². The number of carbonyl (C=O) groups excluding carboxylic acids is 1. The molecule has 0 spiro atoms. The first-order chi connectivity index (χ1) is 12.3. The van der Waals surface area contributed by atoms with Crippen molar-refractivity contribution in [1.82, 2.24) is 4.98 Å². The maximum Gasteiger partial charge on any atom is 0.257 e. The van der Waals surface area contributed by atoms with Crippen molar-refractivity contribution in [1.29, 1.82) is 0 Å². The zero-order chi connectivity index (χ0) is 18.9. The van der Waals surface area contributed by atoms with Crippen molar-refractivity contribution in [2.75, 3.05) is 11.5 Å². The van der Waals surface area contributed by atoms with Gasteiger partial charge in [-0.1, -0.05) is 41.9 Å². The number of benzene rings is 2. The minimum Gasteiger partial charge on any atom is -0.431 e. The molecule has 0 radical (unpaired) electrons. The van der Waals surface area contributed by atoms with Crippen LogP contribution in [0.15, 0.2) is 50.9 Å². The lowest BCUT2D eigenvalue weighted by Gasteiger charge is -2.02. The van der Waals surface area contributed by atoms with E-state index in [-0.39, 0.29) is 32.4 Å². The van der Waals surface area contributed by atoms with Crippen molar-refractivity contribution in [3.63, 3.8) is 0 Å².